The van der Waals surface area contributed by atoms with Crippen LogP contribution in [0.4, 0.5) is 17.1 Å². The molecule has 0 aromatic heterocycles. The number of allylic oxidation sites excluding steroid dienone is 2. The summed E-state index contributed by atoms with van der Waals surface area (Å²) in [4.78, 5) is 24.5. The van der Waals surface area contributed by atoms with Crippen molar-refractivity contribution in [2.45, 2.75) is 74.8 Å². The summed E-state index contributed by atoms with van der Waals surface area (Å²) in [7, 11) is 8.63. The highest BCUT2D eigenvalue weighted by atomic mass is 16.3. The molecule has 2 spiro atoms. The average Bonchev–Trinajstić information content (AvgIpc) is 3.07. The van der Waals surface area contributed by atoms with Crippen LogP contribution in [0.5, 0.6) is 0 Å². The molecule has 0 atom stereocenters. The maximum atomic E-state index is 14.4. The van der Waals surface area contributed by atoms with Crippen molar-refractivity contribution >= 4 is 55.5 Å². The largest absolute Gasteiger partial charge is 0.506 e. The van der Waals surface area contributed by atoms with Crippen LogP contribution in [0.3, 0.4) is 0 Å². The van der Waals surface area contributed by atoms with Gasteiger partial charge in [0, 0.05) is 45.0 Å². The van der Waals surface area contributed by atoms with E-state index in [0.29, 0.717) is 23.2 Å². The molecule has 4 aromatic rings. The van der Waals surface area contributed by atoms with Crippen LogP contribution in [0.2, 0.25) is 0 Å². The van der Waals surface area contributed by atoms with Crippen LogP contribution in [0.15, 0.2) is 71.4 Å². The summed E-state index contributed by atoms with van der Waals surface area (Å²) in [5, 5.41) is 29.3. The number of benzene rings is 4. The lowest BCUT2D eigenvalue weighted by Gasteiger charge is -2.47. The zero-order chi connectivity index (χ0) is 32.9. The van der Waals surface area contributed by atoms with Crippen molar-refractivity contribution in [1.82, 2.24) is 9.80 Å². The van der Waals surface area contributed by atoms with Crippen LogP contribution in [0.1, 0.15) is 56.9 Å². The fourth-order valence-electron chi connectivity index (χ4n) is 9.22. The lowest BCUT2D eigenvalue weighted by Crippen LogP contribution is -2.53. The second kappa shape index (κ2) is 10.5. The molecule has 0 amide bonds. The fraction of sp³-hybridized carbons (Fsp3) is 0.400. The van der Waals surface area contributed by atoms with Gasteiger partial charge < -0.3 is 30.9 Å². The van der Waals surface area contributed by atoms with Gasteiger partial charge in [-0.15, -0.1) is 0 Å². The smallest absolute Gasteiger partial charge is 0.201 e. The standard InChI is InChI=1S/C40H44N6O2/c1-45(2)25-15-19-39(20-16-25)41-29-9-5-7-23-11-13-27(35(43-39)31(23)29)33-37(47)34(38(33)48)28-14-12-24-8-6-10-30-32(24)36(28)44-40(42-30)21-17-26(18-22-40)46(3)4/h5-14,25-26,41-43,47H,15-22H2,1-4H3/b34-28+. The Morgan fingerprint density at radius 2 is 1.31 bits per heavy atom. The maximum absolute atomic E-state index is 14.4. The average molecular weight is 641 g/mol. The molecule has 2 saturated carbocycles. The highest BCUT2D eigenvalue weighted by Crippen LogP contribution is 2.49. The Bertz CT molecular complexity index is 2190. The minimum absolute atomic E-state index is 0.0611. The van der Waals surface area contributed by atoms with Crippen LogP contribution in [-0.4, -0.2) is 72.3 Å². The molecule has 48 heavy (non-hydrogen) atoms. The maximum Gasteiger partial charge on any atom is 0.201 e. The van der Waals surface area contributed by atoms with Crippen molar-refractivity contribution in [3.63, 3.8) is 0 Å². The Morgan fingerprint density at radius 1 is 0.708 bits per heavy atom. The van der Waals surface area contributed by atoms with Gasteiger partial charge in [0.05, 0.1) is 22.2 Å². The Kier molecular flexibility index (Phi) is 6.53. The van der Waals surface area contributed by atoms with Gasteiger partial charge in [-0.25, -0.2) is 0 Å². The Hall–Kier alpha value is -4.40. The van der Waals surface area contributed by atoms with Gasteiger partial charge in [0.1, 0.15) is 17.1 Å². The van der Waals surface area contributed by atoms with Gasteiger partial charge in [0.15, 0.2) is 0 Å². The van der Waals surface area contributed by atoms with Gasteiger partial charge in [-0.05, 0) is 102 Å². The Balaban J connectivity index is 1.19. The molecule has 0 radical (unpaired) electrons. The van der Waals surface area contributed by atoms with Gasteiger partial charge in [-0.1, -0.05) is 48.5 Å². The third kappa shape index (κ3) is 4.35. The normalized spacial score (nSPS) is 28.8. The van der Waals surface area contributed by atoms with Crippen molar-refractivity contribution in [2.24, 2.45) is 4.99 Å². The molecule has 3 aliphatic carbocycles. The van der Waals surface area contributed by atoms with E-state index in [1.807, 2.05) is 12.1 Å². The van der Waals surface area contributed by atoms with Crippen LogP contribution >= 0.6 is 0 Å². The van der Waals surface area contributed by atoms with Crippen molar-refractivity contribution in [2.75, 3.05) is 44.1 Å². The quantitative estimate of drug-likeness (QED) is 0.219. The van der Waals surface area contributed by atoms with E-state index < -0.39 is 5.66 Å². The molecule has 0 bridgehead atoms. The predicted molar refractivity (Wildman–Crippen MR) is 195 cm³/mol. The Morgan fingerprint density at radius 3 is 1.96 bits per heavy atom. The number of aliphatic hydroxyl groups is 1. The number of carbonyl (C=O) groups is 1. The molecule has 9 rings (SSSR count). The topological polar surface area (TPSA) is 92.2 Å². The van der Waals surface area contributed by atoms with Crippen molar-refractivity contribution in [3.8, 4) is 0 Å². The van der Waals surface area contributed by atoms with Crippen LogP contribution in [0, 0.1) is 0 Å². The van der Waals surface area contributed by atoms with Gasteiger partial charge in [-0.3, -0.25) is 9.79 Å². The second-order valence-corrected chi connectivity index (χ2v) is 15.2. The molecular formula is C40H44N6O2. The summed E-state index contributed by atoms with van der Waals surface area (Å²) in [6, 6.07) is 21.8. The number of nitrogens with one attached hydrogen (secondary N) is 3. The lowest BCUT2D eigenvalue weighted by molar-refractivity contribution is -0.109. The van der Waals surface area contributed by atoms with Gasteiger partial charge in [0.2, 0.25) is 5.78 Å². The Labute approximate surface area is 281 Å². The summed E-state index contributed by atoms with van der Waals surface area (Å²) >= 11 is 0. The van der Waals surface area contributed by atoms with E-state index in [4.69, 9.17) is 4.99 Å². The summed E-state index contributed by atoms with van der Waals surface area (Å²) in [5.41, 5.74) is 3.87. The van der Waals surface area contributed by atoms with E-state index in [1.165, 1.54) is 0 Å². The number of hydrogen-bond acceptors (Lipinski definition) is 8. The van der Waals surface area contributed by atoms with E-state index in [-0.39, 0.29) is 17.2 Å². The second-order valence-electron chi connectivity index (χ2n) is 15.2. The first-order chi connectivity index (χ1) is 23.2. The first-order valence-electron chi connectivity index (χ1n) is 17.5. The fourth-order valence-corrected chi connectivity index (χ4v) is 9.22. The molecule has 0 saturated heterocycles. The number of carbonyl (C=O) groups excluding carboxylic acids is 1. The number of ketones is 1. The van der Waals surface area contributed by atoms with E-state index in [0.717, 1.165) is 106 Å². The van der Waals surface area contributed by atoms with E-state index in [9.17, 15) is 9.90 Å². The SMILES string of the molecule is CN(C)C1CCC2(CC1)N=c1/c(=C3/C(=O)C(c4ccc5cccc6c5c4NC4(CCC(N(C)C)CC4)N6)=C3O)ccc3cccc(c13)N2. The van der Waals surface area contributed by atoms with Crippen LogP contribution in [0.25, 0.3) is 32.7 Å². The molecule has 2 heterocycles. The van der Waals surface area contributed by atoms with Crippen molar-refractivity contribution < 1.29 is 9.90 Å². The third-order valence-corrected chi connectivity index (χ3v) is 12.0. The number of aliphatic hydroxyl groups excluding tert-OH is 1. The van der Waals surface area contributed by atoms with E-state index in [2.05, 4.69) is 102 Å². The summed E-state index contributed by atoms with van der Waals surface area (Å²) < 4.78 is 0. The molecule has 8 nitrogen and oxygen atoms in total. The lowest BCUT2D eigenvalue weighted by atomic mass is 9.78. The van der Waals surface area contributed by atoms with E-state index >= 15 is 0 Å². The summed E-state index contributed by atoms with van der Waals surface area (Å²) in [6.45, 7) is 0. The summed E-state index contributed by atoms with van der Waals surface area (Å²) in [6.07, 6.45) is 8.01. The first-order valence-corrected chi connectivity index (χ1v) is 17.5. The van der Waals surface area contributed by atoms with Crippen molar-refractivity contribution in [1.29, 1.82) is 0 Å². The van der Waals surface area contributed by atoms with Crippen molar-refractivity contribution in [3.05, 3.63) is 82.6 Å². The zero-order valence-corrected chi connectivity index (χ0v) is 28.3. The number of Topliss-reactive ketones (excluding diaryl/α,β-unsaturated/α-hetero) is 1. The molecule has 0 unspecified atom stereocenters. The minimum atomic E-state index is -0.421. The number of rotatable bonds is 3. The van der Waals surface area contributed by atoms with Gasteiger partial charge in [-0.2, -0.15) is 0 Å². The molecule has 4 aromatic carbocycles. The van der Waals surface area contributed by atoms with Crippen LogP contribution in [-0.2, 0) is 4.79 Å². The first kappa shape index (κ1) is 29.7. The molecule has 4 N–H and O–H groups in total. The van der Waals surface area contributed by atoms with Crippen LogP contribution < -0.4 is 26.5 Å². The predicted octanol–water partition coefficient (Wildman–Crippen LogP) is 5.98. The highest BCUT2D eigenvalue weighted by Gasteiger charge is 2.43. The number of hydrogen-bond donors (Lipinski definition) is 4. The third-order valence-electron chi connectivity index (χ3n) is 12.0. The monoisotopic (exact) mass is 640 g/mol. The number of anilines is 3. The minimum Gasteiger partial charge on any atom is -0.506 e. The van der Waals surface area contributed by atoms with Gasteiger partial charge in [0.25, 0.3) is 0 Å². The number of nitrogens with zero attached hydrogens (tertiary/aromatic N) is 3. The molecule has 5 aliphatic rings. The summed E-state index contributed by atoms with van der Waals surface area (Å²) in [5.74, 6) is -0.0654. The molecule has 246 valence electrons. The molecule has 8 heteroatoms. The molecule has 2 fully saturated rings. The van der Waals surface area contributed by atoms with Gasteiger partial charge >= 0.3 is 0 Å². The molecular weight excluding hydrogens is 596 g/mol. The molecule has 2 aliphatic heterocycles. The zero-order valence-electron chi connectivity index (χ0n) is 28.3. The van der Waals surface area contributed by atoms with E-state index in [1.54, 1.807) is 0 Å². The highest BCUT2D eigenvalue weighted by molar-refractivity contribution is 6.52.